The van der Waals surface area contributed by atoms with Crippen LogP contribution in [0.15, 0.2) is 40.5 Å². The van der Waals surface area contributed by atoms with Crippen LogP contribution in [0.1, 0.15) is 32.1 Å². The summed E-state index contributed by atoms with van der Waals surface area (Å²) in [5.41, 5.74) is 7.92. The van der Waals surface area contributed by atoms with Gasteiger partial charge in [-0.3, -0.25) is 14.3 Å². The average Bonchev–Trinajstić information content (AvgIpc) is 3.31. The molecule has 0 radical (unpaired) electrons. The second kappa shape index (κ2) is 7.66. The zero-order chi connectivity index (χ0) is 21.5. The molecule has 3 N–H and O–H groups in total. The van der Waals surface area contributed by atoms with E-state index in [0.29, 0.717) is 27.3 Å². The van der Waals surface area contributed by atoms with Gasteiger partial charge >= 0.3 is 0 Å². The number of carbonyl (C=O) groups excluding carboxylic acids is 1. The van der Waals surface area contributed by atoms with Crippen molar-refractivity contribution in [3.05, 3.63) is 46.4 Å². The Kier molecular flexibility index (Phi) is 4.82. The molecule has 3 aromatic heterocycles. The summed E-state index contributed by atoms with van der Waals surface area (Å²) < 4.78 is 1.69. The molecule has 0 aliphatic heterocycles. The zero-order valence-corrected chi connectivity index (χ0v) is 17.2. The lowest BCUT2D eigenvalue weighted by molar-refractivity contribution is -0.120. The van der Waals surface area contributed by atoms with E-state index in [-0.39, 0.29) is 17.4 Å². The van der Waals surface area contributed by atoms with Crippen LogP contribution in [0.2, 0.25) is 0 Å². The molecule has 1 fully saturated rings. The van der Waals surface area contributed by atoms with Crippen LogP contribution in [-0.2, 0) is 11.8 Å². The number of carbonyl (C=O) groups is 1. The smallest absolute Gasteiger partial charge is 0.272 e. The maximum absolute atomic E-state index is 12.8. The normalized spacial score (nSPS) is 16.9. The lowest BCUT2D eigenvalue weighted by Gasteiger charge is -2.25. The van der Waals surface area contributed by atoms with Crippen molar-refractivity contribution in [2.45, 2.75) is 38.1 Å². The van der Waals surface area contributed by atoms with Crippen LogP contribution in [0.25, 0.3) is 32.9 Å². The summed E-state index contributed by atoms with van der Waals surface area (Å²) in [6, 6.07) is 2.71. The summed E-state index contributed by atoms with van der Waals surface area (Å²) >= 11 is 0. The van der Waals surface area contributed by atoms with Crippen molar-refractivity contribution in [3.8, 4) is 11.3 Å². The maximum atomic E-state index is 12.8. The lowest BCUT2D eigenvalue weighted by atomic mass is 9.84. The number of nitrogens with zero attached hydrogens (tertiary/aromatic N) is 5. The van der Waals surface area contributed by atoms with E-state index in [4.69, 9.17) is 10.7 Å². The predicted octanol–water partition coefficient (Wildman–Crippen LogP) is 1.64. The molecule has 1 aliphatic rings. The summed E-state index contributed by atoms with van der Waals surface area (Å²) in [5, 5.41) is 12.9. The van der Waals surface area contributed by atoms with Gasteiger partial charge in [0.15, 0.2) is 0 Å². The van der Waals surface area contributed by atoms with Crippen molar-refractivity contribution >= 4 is 27.6 Å². The Bertz CT molecular complexity index is 1400. The van der Waals surface area contributed by atoms with Gasteiger partial charge in [0.05, 0.1) is 40.4 Å². The Balaban J connectivity index is 1.66. The minimum absolute atomic E-state index is 0.160. The Morgan fingerprint density at radius 1 is 1.23 bits per heavy atom. The predicted molar refractivity (Wildman–Crippen MR) is 116 cm³/mol. The van der Waals surface area contributed by atoms with Crippen LogP contribution in [-0.4, -0.2) is 36.9 Å². The molecule has 5 rings (SSSR count). The molecule has 4 aromatic rings. The first kappa shape index (κ1) is 19.5. The number of rotatable bonds is 3. The molecule has 0 bridgehead atoms. The first-order valence-electron chi connectivity index (χ1n) is 10.5. The highest BCUT2D eigenvalue weighted by atomic mass is 16.1. The van der Waals surface area contributed by atoms with E-state index in [1.807, 2.05) is 13.2 Å². The zero-order valence-electron chi connectivity index (χ0n) is 17.2. The van der Waals surface area contributed by atoms with Gasteiger partial charge in [0.25, 0.3) is 11.5 Å². The Morgan fingerprint density at radius 2 is 2.03 bits per heavy atom. The maximum Gasteiger partial charge on any atom is 0.272 e. The number of aryl methyl sites for hydroxylation is 1. The fourth-order valence-corrected chi connectivity index (χ4v) is 4.53. The quantitative estimate of drug-likeness (QED) is 0.521. The molecule has 0 saturated heterocycles. The van der Waals surface area contributed by atoms with Crippen molar-refractivity contribution in [2.75, 3.05) is 0 Å². The summed E-state index contributed by atoms with van der Waals surface area (Å²) in [7, 11) is 1.83. The van der Waals surface area contributed by atoms with Crippen LogP contribution < -0.4 is 16.7 Å². The second-order valence-electron chi connectivity index (χ2n) is 8.24. The van der Waals surface area contributed by atoms with Crippen LogP contribution >= 0.6 is 0 Å². The fourth-order valence-electron chi connectivity index (χ4n) is 4.53. The Labute approximate surface area is 177 Å². The van der Waals surface area contributed by atoms with E-state index in [9.17, 15) is 9.59 Å². The summed E-state index contributed by atoms with van der Waals surface area (Å²) in [6.45, 7) is 0. The molecule has 1 atom stereocenters. The van der Waals surface area contributed by atoms with Crippen molar-refractivity contribution in [2.24, 2.45) is 23.7 Å². The number of aromatic nitrogens is 5. The summed E-state index contributed by atoms with van der Waals surface area (Å²) in [4.78, 5) is 34.4. The van der Waals surface area contributed by atoms with Crippen LogP contribution in [0.5, 0.6) is 0 Å². The molecule has 3 heterocycles. The second-order valence-corrected chi connectivity index (χ2v) is 8.24. The summed E-state index contributed by atoms with van der Waals surface area (Å²) in [6.07, 6.45) is 10.4. The Hall–Kier alpha value is -3.46. The molecule has 1 aliphatic carbocycles. The molecule has 9 heteroatoms. The van der Waals surface area contributed by atoms with E-state index in [2.05, 4.69) is 20.3 Å². The number of hydrogen-bond acceptors (Lipinski definition) is 6. The minimum atomic E-state index is -0.624. The first-order valence-corrected chi connectivity index (χ1v) is 10.5. The molecule has 158 valence electrons. The van der Waals surface area contributed by atoms with Gasteiger partial charge in [-0.1, -0.05) is 19.3 Å². The third kappa shape index (κ3) is 3.50. The van der Waals surface area contributed by atoms with Gasteiger partial charge in [0.1, 0.15) is 0 Å². The van der Waals surface area contributed by atoms with E-state index < -0.39 is 6.04 Å². The van der Waals surface area contributed by atoms with Gasteiger partial charge in [-0.25, -0.2) is 15.1 Å². The highest BCUT2D eigenvalue weighted by molar-refractivity contribution is 6.13. The van der Waals surface area contributed by atoms with Crippen molar-refractivity contribution in [1.29, 1.82) is 0 Å². The van der Waals surface area contributed by atoms with Crippen molar-refractivity contribution in [3.63, 3.8) is 0 Å². The van der Waals surface area contributed by atoms with Gasteiger partial charge in [0, 0.05) is 29.6 Å². The Morgan fingerprint density at radius 3 is 2.77 bits per heavy atom. The lowest BCUT2D eigenvalue weighted by Crippen LogP contribution is -2.39. The number of aromatic amines is 1. The van der Waals surface area contributed by atoms with Crippen LogP contribution in [0.4, 0.5) is 0 Å². The fraction of sp³-hybridized carbons (Fsp3) is 0.364. The molecule has 1 aromatic carbocycles. The highest BCUT2D eigenvalue weighted by Gasteiger charge is 2.26. The van der Waals surface area contributed by atoms with E-state index in [0.717, 1.165) is 36.6 Å². The molecular weight excluding hydrogens is 394 g/mol. The van der Waals surface area contributed by atoms with E-state index >= 15 is 0 Å². The van der Waals surface area contributed by atoms with Gasteiger partial charge in [-0.05, 0) is 30.9 Å². The van der Waals surface area contributed by atoms with Gasteiger partial charge in [-0.15, -0.1) is 0 Å². The van der Waals surface area contributed by atoms with Gasteiger partial charge in [-0.2, -0.15) is 10.2 Å². The van der Waals surface area contributed by atoms with Crippen LogP contribution in [0, 0.1) is 5.92 Å². The highest BCUT2D eigenvalue weighted by Crippen LogP contribution is 2.31. The largest absolute Gasteiger partial charge is 0.320 e. The third-order valence-corrected chi connectivity index (χ3v) is 6.12. The van der Waals surface area contributed by atoms with Crippen molar-refractivity contribution in [1.82, 2.24) is 25.0 Å². The number of H-pyrrole nitrogens is 1. The van der Waals surface area contributed by atoms with E-state index in [1.54, 1.807) is 29.2 Å². The monoisotopic (exact) mass is 417 g/mol. The standard InChI is InChI=1S/C22H23N7O2/c1-29-11-13(9-25-29)20-16-10-24-28-21(30)15-7-14(8-17(27-20)18(15)16)26-22(31)19(23)12-5-3-2-4-6-12/h7-12,19H,2-6,23H2,1H3,(H,28,30). The SMILES string of the molecule is Cn1cc(-c2nc3cc(=NC(=O)C(N)C4CCCCC4)cc4c(=O)[nH]ncc2c34)cn1. The average molecular weight is 417 g/mol. The number of nitrogens with one attached hydrogen (secondary N) is 1. The molecule has 9 nitrogen and oxygen atoms in total. The topological polar surface area (TPSA) is 132 Å². The van der Waals surface area contributed by atoms with E-state index in [1.165, 1.54) is 6.42 Å². The molecular formula is C22H23N7O2. The number of nitrogens with two attached hydrogens (primary N) is 1. The minimum Gasteiger partial charge on any atom is -0.320 e. The van der Waals surface area contributed by atoms with Crippen molar-refractivity contribution < 1.29 is 4.79 Å². The molecule has 1 saturated carbocycles. The number of benzene rings is 1. The van der Waals surface area contributed by atoms with Gasteiger partial charge in [0.2, 0.25) is 0 Å². The summed E-state index contributed by atoms with van der Waals surface area (Å²) in [5.74, 6) is -0.198. The molecule has 0 spiro atoms. The molecule has 31 heavy (non-hydrogen) atoms. The van der Waals surface area contributed by atoms with Crippen LogP contribution in [0.3, 0.4) is 0 Å². The molecule has 1 unspecified atom stereocenters. The first-order chi connectivity index (χ1) is 15.0. The molecule has 1 amide bonds. The third-order valence-electron chi connectivity index (χ3n) is 6.12. The number of hydrogen-bond donors (Lipinski definition) is 2. The number of amides is 1. The van der Waals surface area contributed by atoms with Gasteiger partial charge < -0.3 is 5.73 Å².